The van der Waals surface area contributed by atoms with Gasteiger partial charge in [0.15, 0.2) is 0 Å². The molecule has 0 radical (unpaired) electrons. The maximum absolute atomic E-state index is 13.1. The van der Waals surface area contributed by atoms with Crippen LogP contribution in [0.15, 0.2) is 127 Å². The third-order valence-corrected chi connectivity index (χ3v) is 9.55. The molecule has 5 N–H and O–H groups in total. The minimum absolute atomic E-state index is 0.374. The van der Waals surface area contributed by atoms with Crippen molar-refractivity contribution in [2.75, 3.05) is 10.6 Å². The molecule has 0 bridgehead atoms. The van der Waals surface area contributed by atoms with Crippen molar-refractivity contribution in [3.05, 3.63) is 149 Å². The summed E-state index contributed by atoms with van der Waals surface area (Å²) in [5, 5.41) is 22.7. The van der Waals surface area contributed by atoms with Crippen LogP contribution in [0.1, 0.15) is 34.6 Å². The van der Waals surface area contributed by atoms with Gasteiger partial charge in [-0.15, -0.1) is 0 Å². The van der Waals surface area contributed by atoms with Crippen molar-refractivity contribution in [3.8, 4) is 22.5 Å². The van der Waals surface area contributed by atoms with Crippen molar-refractivity contribution in [2.24, 2.45) is 0 Å². The van der Waals surface area contributed by atoms with E-state index in [-0.39, 0.29) is 11.8 Å². The fourth-order valence-corrected chi connectivity index (χ4v) is 6.63. The van der Waals surface area contributed by atoms with Crippen LogP contribution in [0.5, 0.6) is 0 Å². The van der Waals surface area contributed by atoms with Gasteiger partial charge in [-0.05, 0) is 95.6 Å². The van der Waals surface area contributed by atoms with Crippen molar-refractivity contribution in [1.29, 1.82) is 0 Å². The minimum Gasteiger partial charge on any atom is -0.340 e. The van der Waals surface area contributed by atoms with Gasteiger partial charge in [-0.3, -0.25) is 24.3 Å². The summed E-state index contributed by atoms with van der Waals surface area (Å²) < 4.78 is 0. The molecule has 6 aromatic carbocycles. The molecule has 1 heterocycles. The standard InChI is InChI=1S/C43H34Cl2N6O4/c1-24(46-42(54)36-21-30(44)19-28-7-3-5-9-34(28)36)40(52)48-32-15-11-26(12-16-32)38-23-39(51-50-38)27-13-17-33(18-14-27)49-41(53)25(2)47-43(55)37-22-31(45)20-29-8-4-6-10-35(29)37/h3-25H,1-2H3,(H,46,54)(H,47,55)(H,48,52)(H,49,53)(H,50,51)/t24-,25-/m0/s1. The molecule has 274 valence electrons. The lowest BCUT2D eigenvalue weighted by Crippen LogP contribution is -2.41. The number of halogens is 2. The van der Waals surface area contributed by atoms with E-state index >= 15 is 0 Å². The number of hydrogen-bond donors (Lipinski definition) is 5. The zero-order valence-electron chi connectivity index (χ0n) is 29.6. The Morgan fingerprint density at radius 2 is 1.00 bits per heavy atom. The number of anilines is 2. The van der Waals surface area contributed by atoms with Gasteiger partial charge in [-0.1, -0.05) is 96.0 Å². The van der Waals surface area contributed by atoms with Gasteiger partial charge < -0.3 is 21.3 Å². The topological polar surface area (TPSA) is 145 Å². The van der Waals surface area contributed by atoms with Gasteiger partial charge in [-0.2, -0.15) is 5.10 Å². The number of fused-ring (bicyclic) bond motifs is 2. The summed E-state index contributed by atoms with van der Waals surface area (Å²) in [6, 6.07) is 36.3. The van der Waals surface area contributed by atoms with Crippen molar-refractivity contribution < 1.29 is 19.2 Å². The van der Waals surface area contributed by atoms with Crippen LogP contribution in [0.25, 0.3) is 44.1 Å². The summed E-state index contributed by atoms with van der Waals surface area (Å²) in [4.78, 5) is 52.1. The number of nitrogens with one attached hydrogen (secondary N) is 5. The van der Waals surface area contributed by atoms with Gasteiger partial charge in [0.25, 0.3) is 11.8 Å². The molecule has 2 atom stereocenters. The Hall–Kier alpha value is -6.49. The number of aromatic nitrogens is 2. The van der Waals surface area contributed by atoms with Crippen LogP contribution in [0, 0.1) is 0 Å². The van der Waals surface area contributed by atoms with Gasteiger partial charge >= 0.3 is 0 Å². The van der Waals surface area contributed by atoms with E-state index in [1.807, 2.05) is 78.9 Å². The monoisotopic (exact) mass is 768 g/mol. The van der Waals surface area contributed by atoms with Gasteiger partial charge in [0.05, 0.1) is 11.4 Å². The number of amides is 4. The van der Waals surface area contributed by atoms with Crippen LogP contribution in [0.4, 0.5) is 11.4 Å². The molecule has 0 fully saturated rings. The van der Waals surface area contributed by atoms with E-state index in [0.29, 0.717) is 38.2 Å². The molecule has 0 saturated heterocycles. The predicted octanol–water partition coefficient (Wildman–Crippen LogP) is 8.87. The quantitative estimate of drug-likeness (QED) is 0.0944. The second-order valence-electron chi connectivity index (χ2n) is 13.0. The van der Waals surface area contributed by atoms with Crippen LogP contribution in [0.2, 0.25) is 10.0 Å². The molecular formula is C43H34Cl2N6O4. The first-order chi connectivity index (χ1) is 26.5. The first-order valence-electron chi connectivity index (χ1n) is 17.4. The average Bonchev–Trinajstić information content (AvgIpc) is 3.68. The van der Waals surface area contributed by atoms with Gasteiger partial charge in [-0.25, -0.2) is 0 Å². The van der Waals surface area contributed by atoms with E-state index in [4.69, 9.17) is 23.2 Å². The molecule has 0 unspecified atom stereocenters. The van der Waals surface area contributed by atoms with Crippen LogP contribution >= 0.6 is 23.2 Å². The van der Waals surface area contributed by atoms with E-state index in [9.17, 15) is 19.2 Å². The molecule has 0 aliphatic rings. The van der Waals surface area contributed by atoms with Crippen LogP contribution in [-0.4, -0.2) is 45.9 Å². The third kappa shape index (κ3) is 8.36. The maximum Gasteiger partial charge on any atom is 0.252 e. The van der Waals surface area contributed by atoms with E-state index in [1.165, 1.54) is 0 Å². The number of nitrogens with zero attached hydrogens (tertiary/aromatic N) is 1. The molecule has 0 saturated carbocycles. The molecule has 0 aliphatic heterocycles. The molecule has 1 aromatic heterocycles. The lowest BCUT2D eigenvalue weighted by molar-refractivity contribution is -0.118. The largest absolute Gasteiger partial charge is 0.340 e. The molecule has 7 rings (SSSR count). The Morgan fingerprint density at radius 1 is 0.564 bits per heavy atom. The lowest BCUT2D eigenvalue weighted by Gasteiger charge is -2.15. The van der Waals surface area contributed by atoms with Crippen LogP contribution in [-0.2, 0) is 9.59 Å². The number of hydrogen-bond acceptors (Lipinski definition) is 5. The second-order valence-corrected chi connectivity index (χ2v) is 13.9. The Bertz CT molecular complexity index is 2410. The summed E-state index contributed by atoms with van der Waals surface area (Å²) in [6.45, 7) is 3.23. The SMILES string of the molecule is C[C@H](NC(=O)c1cc(Cl)cc2ccccc12)C(=O)Nc1ccc(-c2cc(-c3ccc(NC(=O)[C@H](C)NC(=O)c4cc(Cl)cc5ccccc45)cc3)[nH]n2)cc1. The fraction of sp³-hybridized carbons (Fsp3) is 0.0930. The zero-order valence-corrected chi connectivity index (χ0v) is 31.1. The highest BCUT2D eigenvalue weighted by Crippen LogP contribution is 2.28. The number of rotatable bonds is 10. The van der Waals surface area contributed by atoms with Crippen molar-refractivity contribution in [1.82, 2.24) is 20.8 Å². The zero-order chi connectivity index (χ0) is 38.6. The number of carbonyl (C=O) groups is 4. The van der Waals surface area contributed by atoms with Crippen LogP contribution < -0.4 is 21.3 Å². The van der Waals surface area contributed by atoms with E-state index < -0.39 is 23.9 Å². The summed E-state index contributed by atoms with van der Waals surface area (Å²) in [5.74, 6) is -1.54. The smallest absolute Gasteiger partial charge is 0.252 e. The number of carbonyl (C=O) groups excluding carboxylic acids is 4. The van der Waals surface area contributed by atoms with Crippen LogP contribution in [0.3, 0.4) is 0 Å². The van der Waals surface area contributed by atoms with Crippen molar-refractivity contribution in [3.63, 3.8) is 0 Å². The summed E-state index contributed by atoms with van der Waals surface area (Å²) in [6.07, 6.45) is 0. The van der Waals surface area contributed by atoms with Gasteiger partial charge in [0.2, 0.25) is 11.8 Å². The average molecular weight is 770 g/mol. The normalized spacial score (nSPS) is 12.1. The van der Waals surface area contributed by atoms with Gasteiger partial charge in [0.1, 0.15) is 12.1 Å². The van der Waals surface area contributed by atoms with E-state index in [2.05, 4.69) is 31.5 Å². The molecule has 4 amide bonds. The number of aromatic amines is 1. The second kappa shape index (κ2) is 15.9. The number of H-pyrrole nitrogens is 1. The molecule has 12 heteroatoms. The highest BCUT2D eigenvalue weighted by molar-refractivity contribution is 6.32. The first kappa shape index (κ1) is 36.9. The highest BCUT2D eigenvalue weighted by atomic mass is 35.5. The fourth-order valence-electron chi connectivity index (χ4n) is 6.18. The Morgan fingerprint density at radius 3 is 1.47 bits per heavy atom. The summed E-state index contributed by atoms with van der Waals surface area (Å²) in [7, 11) is 0. The molecule has 55 heavy (non-hydrogen) atoms. The Balaban J connectivity index is 0.928. The van der Waals surface area contributed by atoms with Gasteiger partial charge in [0, 0.05) is 38.1 Å². The molecule has 0 spiro atoms. The van der Waals surface area contributed by atoms with E-state index in [0.717, 1.165) is 38.4 Å². The minimum atomic E-state index is -0.816. The molecule has 0 aliphatic carbocycles. The lowest BCUT2D eigenvalue weighted by atomic mass is 10.0. The Kier molecular flexibility index (Phi) is 10.6. The molecular weight excluding hydrogens is 735 g/mol. The number of benzene rings is 6. The molecule has 7 aromatic rings. The summed E-state index contributed by atoms with van der Waals surface area (Å²) in [5.41, 5.74) is 5.02. The highest BCUT2D eigenvalue weighted by Gasteiger charge is 2.21. The predicted molar refractivity (Wildman–Crippen MR) is 218 cm³/mol. The maximum atomic E-state index is 13.1. The van der Waals surface area contributed by atoms with E-state index in [1.54, 1.807) is 62.4 Å². The van der Waals surface area contributed by atoms with Crippen molar-refractivity contribution in [2.45, 2.75) is 25.9 Å². The summed E-state index contributed by atoms with van der Waals surface area (Å²) >= 11 is 12.5. The molecule has 10 nitrogen and oxygen atoms in total. The third-order valence-electron chi connectivity index (χ3n) is 9.11. The Labute approximate surface area is 326 Å². The first-order valence-corrected chi connectivity index (χ1v) is 18.1. The van der Waals surface area contributed by atoms with Crippen molar-refractivity contribution >= 4 is 79.8 Å².